The van der Waals surface area contributed by atoms with E-state index in [4.69, 9.17) is 6.85 Å². The van der Waals surface area contributed by atoms with Crippen LogP contribution in [0.25, 0.3) is 209 Å². The van der Waals surface area contributed by atoms with E-state index in [-0.39, 0.29) is 62.9 Å². The molecule has 682 valence electrons. The molecule has 0 aliphatic rings. The zero-order chi connectivity index (χ0) is 100. The van der Waals surface area contributed by atoms with Gasteiger partial charge in [0, 0.05) is 98.4 Å². The Hall–Kier alpha value is -16.0. The van der Waals surface area contributed by atoms with Crippen LogP contribution in [-0.4, -0.2) is 27.4 Å². The zero-order valence-corrected chi connectivity index (χ0v) is 82.3. The molecule has 0 bridgehead atoms. The van der Waals surface area contributed by atoms with Gasteiger partial charge in [0.25, 0.3) is 0 Å². The van der Waals surface area contributed by atoms with Crippen molar-refractivity contribution < 1.29 is 6.85 Å². The lowest BCUT2D eigenvalue weighted by Gasteiger charge is -2.27. The van der Waals surface area contributed by atoms with Crippen LogP contribution in [0.2, 0.25) is 0 Å². The Morgan fingerprint density at radius 3 is 0.736 bits per heavy atom. The van der Waals surface area contributed by atoms with Crippen molar-refractivity contribution in [2.75, 3.05) is 0 Å². The van der Waals surface area contributed by atoms with Gasteiger partial charge < -0.3 is 27.4 Å². The molecule has 0 aliphatic heterocycles. The molecule has 6 aromatic heterocycles. The molecule has 0 atom stereocenters. The van der Waals surface area contributed by atoms with Gasteiger partial charge in [-0.2, -0.15) is 0 Å². The Morgan fingerprint density at radius 2 is 0.443 bits per heavy atom. The van der Waals surface area contributed by atoms with E-state index in [0.717, 1.165) is 49.9 Å². The first-order valence-corrected chi connectivity index (χ1v) is 49.1. The van der Waals surface area contributed by atoms with Crippen LogP contribution in [0.15, 0.2) is 431 Å². The molecule has 0 fully saturated rings. The summed E-state index contributed by atoms with van der Waals surface area (Å²) in [7, 11) is 0. The van der Waals surface area contributed by atoms with Crippen molar-refractivity contribution in [3.8, 4) is 78.6 Å². The maximum Gasteiger partial charge on any atom is 0.0629 e. The predicted octanol–water partition coefficient (Wildman–Crippen LogP) is 36.8. The first-order valence-electron chi connectivity index (χ1n) is 51.6. The Labute approximate surface area is 827 Å². The fourth-order valence-corrected chi connectivity index (χ4v) is 22.5. The van der Waals surface area contributed by atoms with E-state index in [0.29, 0.717) is 5.56 Å². The minimum absolute atomic E-state index is 0.0298. The largest absolute Gasteiger partial charge is 0.309 e. The summed E-state index contributed by atoms with van der Waals surface area (Å²) in [5, 5.41) is 14.9. The molecule has 0 saturated carbocycles. The highest BCUT2D eigenvalue weighted by atomic mass is 15.1. The van der Waals surface area contributed by atoms with E-state index >= 15 is 0 Å². The van der Waals surface area contributed by atoms with Crippen molar-refractivity contribution in [2.45, 2.75) is 131 Å². The SMILES string of the molecule is CC(C)(C)c1c(-n2c3ccccc3c3ccccc32)ccc2c3ccccc3n(-c3cc(-c4ccccc4)cc(-c4ccccc4)c3)c12.CC(C)(C)c1ccc(C(C)(C)C)c(-c2ccc(-n3c4ccccc4c4ccc(-n5c6ccccc6c6ccccc65)c(C(C)(C)C)c43)cc2)c1.[2H]c1c([2H])c([2H])c(-c2ccc(-n3c4ccccc4c4ccc(-n5c6ccccc6c6ccccc65)c(C(C)(C)C)c43)cc2)c([2H])c1[2H]. The number of hydrogen-bond acceptors (Lipinski definition) is 0. The molecule has 0 radical (unpaired) electrons. The molecule has 19 aromatic carbocycles. The summed E-state index contributed by atoms with van der Waals surface area (Å²) >= 11 is 0. The number of nitrogens with zero attached hydrogens (tertiary/aromatic N) is 6. The molecule has 0 N–H and O–H groups in total. The Bertz CT molecular complexity index is 9250. The van der Waals surface area contributed by atoms with Gasteiger partial charge in [-0.05, 0) is 198 Å². The van der Waals surface area contributed by atoms with Crippen molar-refractivity contribution in [3.05, 3.63) is 458 Å². The summed E-state index contributed by atoms with van der Waals surface area (Å²) in [5.74, 6) is 0. The van der Waals surface area contributed by atoms with Crippen molar-refractivity contribution in [3.63, 3.8) is 0 Å². The lowest BCUT2D eigenvalue weighted by molar-refractivity contribution is 0.578. The first kappa shape index (κ1) is 82.3. The van der Waals surface area contributed by atoms with E-state index in [9.17, 15) is 0 Å². The van der Waals surface area contributed by atoms with Crippen LogP contribution in [-0.2, 0) is 27.1 Å². The average molecular weight is 1820 g/mol. The summed E-state index contributed by atoms with van der Waals surface area (Å²) in [6, 6.07) is 144. The van der Waals surface area contributed by atoms with E-state index in [1.165, 1.54) is 176 Å². The predicted molar refractivity (Wildman–Crippen MR) is 601 cm³/mol. The fraction of sp³-hybridized carbons (Fsp3) is 0.149. The molecule has 0 spiro atoms. The highest BCUT2D eigenvalue weighted by Gasteiger charge is 2.34. The average Bonchev–Trinajstić information content (AvgIpc) is 1.56. The van der Waals surface area contributed by atoms with Crippen LogP contribution in [0, 0.1) is 0 Å². The van der Waals surface area contributed by atoms with Gasteiger partial charge in [-0.25, -0.2) is 0 Å². The number of rotatable bonds is 10. The molecule has 0 saturated heterocycles. The lowest BCUT2D eigenvalue weighted by atomic mass is 9.78. The second-order valence-electron chi connectivity index (χ2n) is 42.8. The van der Waals surface area contributed by atoms with Gasteiger partial charge >= 0.3 is 0 Å². The second kappa shape index (κ2) is 34.0. The Kier molecular flexibility index (Phi) is 20.0. The number of para-hydroxylation sites is 9. The standard InChI is InChI=1S/C48H48N2.C46H36N2.C40H32N2/c1-46(2,3)32-24-28-39(47(4,5)6)38(30-32)31-22-25-33(26-23-31)49-40-19-13-12-18-36(40)37-27-29-43(44(45(37)49)48(7,8)9)50-41-20-14-10-16-34(41)35-17-11-15-21-42(35)50;1-46(2,3)44-43(48-41-24-14-10-20-36(41)37-21-11-15-25-42(37)48)27-26-39-38-22-12-13-23-40(38)47(45(39)44)35-29-33(31-16-6-4-7-17-31)28-34(30-35)32-18-8-5-9-19-32;1-40(2,3)38-37(42-35-19-11-7-15-30(35)31-16-8-12-20-36(31)42)26-25-33-32-17-9-10-18-34(32)41(39(33)38)29-23-21-28(22-24-29)27-13-5-4-6-14-27/h10-30H,1-9H3;4-30H,1-3H3;4-26H,1-3H3/i;;4D,5D,6D,13D,14D. The van der Waals surface area contributed by atoms with Crippen LogP contribution in [0.4, 0.5) is 0 Å². The molecule has 6 heteroatoms. The third-order valence-electron chi connectivity index (χ3n) is 28.6. The monoisotopic (exact) mass is 1810 g/mol. The fourth-order valence-electron chi connectivity index (χ4n) is 22.5. The maximum absolute atomic E-state index is 8.51. The van der Waals surface area contributed by atoms with E-state index in [1.807, 2.05) is 24.3 Å². The molecular formula is C134H116N6. The van der Waals surface area contributed by atoms with Gasteiger partial charge in [0.1, 0.15) is 0 Å². The van der Waals surface area contributed by atoms with Crippen molar-refractivity contribution >= 4 is 131 Å². The third kappa shape index (κ3) is 15.0. The van der Waals surface area contributed by atoms with Crippen LogP contribution < -0.4 is 0 Å². The molecule has 0 unspecified atom stereocenters. The van der Waals surface area contributed by atoms with Crippen LogP contribution in [0.3, 0.4) is 0 Å². The summed E-state index contributed by atoms with van der Waals surface area (Å²) < 4.78 is 56.1. The van der Waals surface area contributed by atoms with Crippen LogP contribution >= 0.6 is 0 Å². The van der Waals surface area contributed by atoms with Gasteiger partial charge in [-0.3, -0.25) is 0 Å². The molecule has 0 amide bonds. The Morgan fingerprint density at radius 1 is 0.179 bits per heavy atom. The molecule has 6 heterocycles. The molecule has 25 aromatic rings. The van der Waals surface area contributed by atoms with E-state index in [1.54, 1.807) is 0 Å². The summed E-state index contributed by atoms with van der Waals surface area (Å²) in [5.41, 5.74) is 35.6. The van der Waals surface area contributed by atoms with Gasteiger partial charge in [-0.15, -0.1) is 0 Å². The van der Waals surface area contributed by atoms with Gasteiger partial charge in [-0.1, -0.05) is 419 Å². The summed E-state index contributed by atoms with van der Waals surface area (Å²) in [4.78, 5) is 0. The zero-order valence-electron chi connectivity index (χ0n) is 87.3. The van der Waals surface area contributed by atoms with Crippen LogP contribution in [0.1, 0.15) is 139 Å². The highest BCUT2D eigenvalue weighted by molar-refractivity contribution is 6.18. The molecule has 25 rings (SSSR count). The van der Waals surface area contributed by atoms with Crippen molar-refractivity contribution in [1.82, 2.24) is 27.4 Å². The molecular weight excluding hydrogens is 1690 g/mol. The number of hydrogen-bond donors (Lipinski definition) is 0. The Balaban J connectivity index is 0.000000120. The first-order chi connectivity index (χ1) is 69.8. The quantitative estimate of drug-likeness (QED) is 0.131. The normalized spacial score (nSPS) is 12.9. The molecule has 0 aliphatic carbocycles. The minimum atomic E-state index is -0.389. The smallest absolute Gasteiger partial charge is 0.0629 e. The summed E-state index contributed by atoms with van der Waals surface area (Å²) in [6.07, 6.45) is 0. The van der Waals surface area contributed by atoms with Crippen molar-refractivity contribution in [1.29, 1.82) is 0 Å². The second-order valence-corrected chi connectivity index (χ2v) is 42.8. The topological polar surface area (TPSA) is 29.6 Å². The van der Waals surface area contributed by atoms with Gasteiger partial charge in [0.2, 0.25) is 0 Å². The summed E-state index contributed by atoms with van der Waals surface area (Å²) in [6.45, 7) is 34.8. The molecule has 140 heavy (non-hydrogen) atoms. The van der Waals surface area contributed by atoms with Gasteiger partial charge in [0.05, 0.1) is 90.1 Å². The minimum Gasteiger partial charge on any atom is -0.309 e. The van der Waals surface area contributed by atoms with Gasteiger partial charge in [0.15, 0.2) is 0 Å². The molecule has 6 nitrogen and oxygen atoms in total. The highest BCUT2D eigenvalue weighted by Crippen LogP contribution is 2.51. The number of aromatic nitrogens is 6. The number of fused-ring (bicyclic) bond motifs is 18. The van der Waals surface area contributed by atoms with E-state index < -0.39 is 0 Å². The maximum atomic E-state index is 8.51. The van der Waals surface area contributed by atoms with Crippen molar-refractivity contribution in [2.24, 2.45) is 0 Å². The van der Waals surface area contributed by atoms with E-state index in [2.05, 4.69) is 507 Å². The lowest BCUT2D eigenvalue weighted by Crippen LogP contribution is -2.17. The number of benzene rings is 19. The van der Waals surface area contributed by atoms with Crippen LogP contribution in [0.5, 0.6) is 0 Å². The third-order valence-corrected chi connectivity index (χ3v) is 28.6.